The van der Waals surface area contributed by atoms with E-state index in [1.165, 1.54) is 0 Å². The maximum Gasteiger partial charge on any atom is 0.204 e. The molecule has 0 aliphatic rings. The van der Waals surface area contributed by atoms with Crippen LogP contribution in [-0.4, -0.2) is 20.2 Å². The molecule has 0 bridgehead atoms. The first kappa shape index (κ1) is 9.33. The van der Waals surface area contributed by atoms with Crippen molar-refractivity contribution in [1.82, 2.24) is 20.2 Å². The molecule has 5 heteroatoms. The van der Waals surface area contributed by atoms with Crippen LogP contribution in [0.4, 0.5) is 0 Å². The fourth-order valence-electron chi connectivity index (χ4n) is 1.12. The normalized spacial score (nSPS) is 10.4. The minimum absolute atomic E-state index is 0.660. The second kappa shape index (κ2) is 3.88. The summed E-state index contributed by atoms with van der Waals surface area (Å²) in [5.41, 5.74) is 0.971. The Morgan fingerprint density at radius 2 is 2.29 bits per heavy atom. The SMILES string of the molecule is CCn1nnc(-c2cccc(Br)c2)n1. The van der Waals surface area contributed by atoms with Gasteiger partial charge in [0.05, 0.1) is 6.54 Å². The van der Waals surface area contributed by atoms with E-state index in [9.17, 15) is 0 Å². The van der Waals surface area contributed by atoms with Gasteiger partial charge in [-0.2, -0.15) is 4.80 Å². The molecule has 1 aromatic carbocycles. The maximum atomic E-state index is 4.21. The third kappa shape index (κ3) is 1.82. The molecule has 4 nitrogen and oxygen atoms in total. The Hall–Kier alpha value is -1.23. The fourth-order valence-corrected chi connectivity index (χ4v) is 1.52. The Morgan fingerprint density at radius 1 is 1.43 bits per heavy atom. The highest BCUT2D eigenvalue weighted by atomic mass is 79.9. The molecule has 0 spiro atoms. The zero-order valence-corrected chi connectivity index (χ0v) is 9.27. The molecular formula is C9H9BrN4. The van der Waals surface area contributed by atoms with Crippen LogP contribution in [0.2, 0.25) is 0 Å². The molecule has 0 saturated carbocycles. The van der Waals surface area contributed by atoms with Crippen molar-refractivity contribution in [1.29, 1.82) is 0 Å². The van der Waals surface area contributed by atoms with Crippen LogP contribution in [0.3, 0.4) is 0 Å². The molecule has 0 aliphatic carbocycles. The highest BCUT2D eigenvalue weighted by Crippen LogP contribution is 2.18. The van der Waals surface area contributed by atoms with E-state index in [2.05, 4.69) is 31.3 Å². The molecule has 2 aromatic rings. The van der Waals surface area contributed by atoms with Gasteiger partial charge in [0.15, 0.2) is 0 Å². The fraction of sp³-hybridized carbons (Fsp3) is 0.222. The van der Waals surface area contributed by atoms with Crippen molar-refractivity contribution in [2.24, 2.45) is 0 Å². The molecule has 0 unspecified atom stereocenters. The smallest absolute Gasteiger partial charge is 0.164 e. The van der Waals surface area contributed by atoms with Gasteiger partial charge in [-0.25, -0.2) is 0 Å². The van der Waals surface area contributed by atoms with Gasteiger partial charge in [0.25, 0.3) is 0 Å². The number of rotatable bonds is 2. The summed E-state index contributed by atoms with van der Waals surface area (Å²) in [6.45, 7) is 2.72. The highest BCUT2D eigenvalue weighted by Gasteiger charge is 2.04. The summed E-state index contributed by atoms with van der Waals surface area (Å²) in [6, 6.07) is 7.85. The van der Waals surface area contributed by atoms with E-state index in [0.29, 0.717) is 5.82 Å². The molecule has 1 heterocycles. The van der Waals surface area contributed by atoms with E-state index in [0.717, 1.165) is 16.6 Å². The van der Waals surface area contributed by atoms with Gasteiger partial charge in [-0.15, -0.1) is 10.2 Å². The zero-order valence-electron chi connectivity index (χ0n) is 7.68. The van der Waals surface area contributed by atoms with Crippen LogP contribution in [0.1, 0.15) is 6.92 Å². The van der Waals surface area contributed by atoms with E-state index in [4.69, 9.17) is 0 Å². The minimum Gasteiger partial charge on any atom is -0.164 e. The van der Waals surface area contributed by atoms with Gasteiger partial charge in [-0.05, 0) is 24.3 Å². The third-order valence-corrected chi connectivity index (χ3v) is 2.31. The molecule has 0 aliphatic heterocycles. The van der Waals surface area contributed by atoms with Gasteiger partial charge in [0.1, 0.15) is 0 Å². The van der Waals surface area contributed by atoms with Crippen molar-refractivity contribution in [3.63, 3.8) is 0 Å². The molecule has 14 heavy (non-hydrogen) atoms. The van der Waals surface area contributed by atoms with Crippen molar-refractivity contribution >= 4 is 15.9 Å². The number of benzene rings is 1. The van der Waals surface area contributed by atoms with Crippen LogP contribution in [-0.2, 0) is 6.54 Å². The summed E-state index contributed by atoms with van der Waals surface area (Å²) < 4.78 is 1.02. The molecule has 72 valence electrons. The topological polar surface area (TPSA) is 43.6 Å². The quantitative estimate of drug-likeness (QED) is 0.823. The van der Waals surface area contributed by atoms with Gasteiger partial charge >= 0.3 is 0 Å². The van der Waals surface area contributed by atoms with Gasteiger partial charge in [0.2, 0.25) is 5.82 Å². The first-order valence-electron chi connectivity index (χ1n) is 4.33. The number of aromatic nitrogens is 4. The maximum absolute atomic E-state index is 4.21. The number of aryl methyl sites for hydroxylation is 1. The van der Waals surface area contributed by atoms with Crippen LogP contribution in [0.15, 0.2) is 28.7 Å². The van der Waals surface area contributed by atoms with Gasteiger partial charge in [-0.1, -0.05) is 28.1 Å². The van der Waals surface area contributed by atoms with E-state index < -0.39 is 0 Å². The van der Waals surface area contributed by atoms with Crippen LogP contribution < -0.4 is 0 Å². The summed E-state index contributed by atoms with van der Waals surface area (Å²) in [7, 11) is 0. The Labute approximate surface area is 90.1 Å². The standard InChI is InChI=1S/C9H9BrN4/c1-2-14-12-9(11-13-14)7-4-3-5-8(10)6-7/h3-6H,2H2,1H3. The molecule has 0 saturated heterocycles. The van der Waals surface area contributed by atoms with Crippen molar-refractivity contribution in [2.75, 3.05) is 0 Å². The van der Waals surface area contributed by atoms with Gasteiger partial charge < -0.3 is 0 Å². The predicted octanol–water partition coefficient (Wildman–Crippen LogP) is 2.12. The summed E-state index contributed by atoms with van der Waals surface area (Å²) in [5, 5.41) is 12.1. The Kier molecular flexibility index (Phi) is 2.58. The number of tetrazole rings is 1. The second-order valence-electron chi connectivity index (χ2n) is 2.81. The molecule has 0 N–H and O–H groups in total. The monoisotopic (exact) mass is 252 g/mol. The Balaban J connectivity index is 2.39. The van der Waals surface area contributed by atoms with Crippen LogP contribution in [0.5, 0.6) is 0 Å². The first-order chi connectivity index (χ1) is 6.79. The van der Waals surface area contributed by atoms with Gasteiger partial charge in [0, 0.05) is 10.0 Å². The largest absolute Gasteiger partial charge is 0.204 e. The number of hydrogen-bond donors (Lipinski definition) is 0. The molecule has 0 fully saturated rings. The average molecular weight is 253 g/mol. The van der Waals surface area contributed by atoms with Crippen molar-refractivity contribution in [2.45, 2.75) is 13.5 Å². The molecule has 0 amide bonds. The summed E-state index contributed by atoms with van der Waals surface area (Å²) in [5.74, 6) is 0.660. The lowest BCUT2D eigenvalue weighted by Gasteiger charge is -1.94. The van der Waals surface area contributed by atoms with Crippen LogP contribution in [0, 0.1) is 0 Å². The first-order valence-corrected chi connectivity index (χ1v) is 5.12. The Bertz CT molecular complexity index is 438. The van der Waals surface area contributed by atoms with Crippen molar-refractivity contribution in [3.05, 3.63) is 28.7 Å². The van der Waals surface area contributed by atoms with Crippen molar-refractivity contribution < 1.29 is 0 Å². The number of nitrogens with zero attached hydrogens (tertiary/aromatic N) is 4. The van der Waals surface area contributed by atoms with Gasteiger partial charge in [-0.3, -0.25) is 0 Å². The van der Waals surface area contributed by atoms with E-state index in [1.54, 1.807) is 4.80 Å². The zero-order chi connectivity index (χ0) is 9.97. The molecule has 1 aromatic heterocycles. The van der Waals surface area contributed by atoms with Crippen LogP contribution in [0.25, 0.3) is 11.4 Å². The predicted molar refractivity (Wildman–Crippen MR) is 56.6 cm³/mol. The summed E-state index contributed by atoms with van der Waals surface area (Å²) in [4.78, 5) is 1.57. The number of hydrogen-bond acceptors (Lipinski definition) is 3. The van der Waals surface area contributed by atoms with Crippen LogP contribution >= 0.6 is 15.9 Å². The lowest BCUT2D eigenvalue weighted by molar-refractivity contribution is 0.553. The lowest BCUT2D eigenvalue weighted by Crippen LogP contribution is -1.98. The van der Waals surface area contributed by atoms with Crippen molar-refractivity contribution in [3.8, 4) is 11.4 Å². The molecular weight excluding hydrogens is 244 g/mol. The molecule has 0 atom stereocenters. The van der Waals surface area contributed by atoms with E-state index in [1.807, 2.05) is 31.2 Å². The molecule has 2 rings (SSSR count). The second-order valence-corrected chi connectivity index (χ2v) is 3.73. The number of halogens is 1. The summed E-state index contributed by atoms with van der Waals surface area (Å²) in [6.07, 6.45) is 0. The summed E-state index contributed by atoms with van der Waals surface area (Å²) >= 11 is 3.40. The minimum atomic E-state index is 0.660. The molecule has 0 radical (unpaired) electrons. The van der Waals surface area contributed by atoms with E-state index in [-0.39, 0.29) is 0 Å². The lowest BCUT2D eigenvalue weighted by atomic mass is 10.2. The third-order valence-electron chi connectivity index (χ3n) is 1.82. The highest BCUT2D eigenvalue weighted by molar-refractivity contribution is 9.10. The van der Waals surface area contributed by atoms with E-state index >= 15 is 0 Å². The Morgan fingerprint density at radius 3 is 2.93 bits per heavy atom. The average Bonchev–Trinajstić information content (AvgIpc) is 2.66.